The van der Waals surface area contributed by atoms with Crippen LogP contribution < -0.4 is 0 Å². The number of halogens is 1. The minimum Gasteiger partial charge on any atom is -0.504 e. The fourth-order valence-electron chi connectivity index (χ4n) is 1.14. The molecular weight excluding hydrogens is 175 g/mol. The highest BCUT2D eigenvalue weighted by Crippen LogP contribution is 2.37. The number of hydrogen-bond donors (Lipinski definition) is 3. The Balaban J connectivity index is 3.43. The van der Waals surface area contributed by atoms with Crippen LogP contribution >= 0.6 is 0 Å². The Morgan fingerprint density at radius 2 is 1.77 bits per heavy atom. The Labute approximate surface area is 75.1 Å². The van der Waals surface area contributed by atoms with Crippen molar-refractivity contribution in [2.45, 2.75) is 19.4 Å². The fraction of sp³-hybridized carbons (Fsp3) is 0.333. The van der Waals surface area contributed by atoms with Gasteiger partial charge in [0.05, 0.1) is 11.2 Å². The summed E-state index contributed by atoms with van der Waals surface area (Å²) in [6, 6.07) is 2.02. The molecule has 0 aliphatic carbocycles. The number of aromatic hydroxyl groups is 2. The van der Waals surface area contributed by atoms with Crippen molar-refractivity contribution in [2.75, 3.05) is 0 Å². The third-order valence-corrected chi connectivity index (χ3v) is 1.72. The molecule has 0 aliphatic heterocycles. The SMILES string of the molecule is CC(C)(O)c1c(F)ccc(O)c1O. The molecule has 0 spiro atoms. The van der Waals surface area contributed by atoms with Gasteiger partial charge in [-0.3, -0.25) is 0 Å². The molecule has 0 amide bonds. The minimum absolute atomic E-state index is 0.299. The van der Waals surface area contributed by atoms with Crippen LogP contribution in [0.4, 0.5) is 4.39 Å². The van der Waals surface area contributed by atoms with Crippen LogP contribution in [0.5, 0.6) is 11.5 Å². The Morgan fingerprint density at radius 3 is 2.15 bits per heavy atom. The zero-order valence-corrected chi connectivity index (χ0v) is 7.37. The van der Waals surface area contributed by atoms with Crippen molar-refractivity contribution >= 4 is 0 Å². The molecule has 3 N–H and O–H groups in total. The summed E-state index contributed by atoms with van der Waals surface area (Å²) in [5, 5.41) is 27.8. The van der Waals surface area contributed by atoms with Gasteiger partial charge in [0.15, 0.2) is 11.5 Å². The van der Waals surface area contributed by atoms with E-state index in [1.54, 1.807) is 0 Å². The molecule has 0 atom stereocenters. The molecule has 0 aromatic heterocycles. The number of benzene rings is 1. The Bertz CT molecular complexity index is 328. The molecule has 0 unspecified atom stereocenters. The van der Waals surface area contributed by atoms with Crippen molar-refractivity contribution in [1.82, 2.24) is 0 Å². The van der Waals surface area contributed by atoms with Crippen molar-refractivity contribution in [1.29, 1.82) is 0 Å². The first-order valence-electron chi connectivity index (χ1n) is 3.77. The predicted octanol–water partition coefficient (Wildman–Crippen LogP) is 1.46. The van der Waals surface area contributed by atoms with Gasteiger partial charge in [0.1, 0.15) is 5.82 Å². The summed E-state index contributed by atoms with van der Waals surface area (Å²) in [6.45, 7) is 2.65. The molecule has 0 saturated carbocycles. The zero-order valence-electron chi connectivity index (χ0n) is 7.37. The van der Waals surface area contributed by atoms with Crippen LogP contribution in [0.15, 0.2) is 12.1 Å². The maximum Gasteiger partial charge on any atom is 0.166 e. The maximum absolute atomic E-state index is 13.1. The van der Waals surface area contributed by atoms with Crippen molar-refractivity contribution in [2.24, 2.45) is 0 Å². The first-order chi connectivity index (χ1) is 5.84. The van der Waals surface area contributed by atoms with Gasteiger partial charge in [-0.15, -0.1) is 0 Å². The minimum atomic E-state index is -1.52. The zero-order chi connectivity index (χ0) is 10.2. The third-order valence-electron chi connectivity index (χ3n) is 1.72. The highest BCUT2D eigenvalue weighted by atomic mass is 19.1. The van der Waals surface area contributed by atoms with Gasteiger partial charge in [0.2, 0.25) is 0 Å². The molecule has 0 fully saturated rings. The largest absolute Gasteiger partial charge is 0.504 e. The van der Waals surface area contributed by atoms with E-state index in [0.29, 0.717) is 0 Å². The highest BCUT2D eigenvalue weighted by Gasteiger charge is 2.26. The van der Waals surface area contributed by atoms with E-state index in [9.17, 15) is 14.6 Å². The van der Waals surface area contributed by atoms with Crippen LogP contribution in [0.25, 0.3) is 0 Å². The average molecular weight is 186 g/mol. The lowest BCUT2D eigenvalue weighted by molar-refractivity contribution is 0.0711. The first-order valence-corrected chi connectivity index (χ1v) is 3.77. The van der Waals surface area contributed by atoms with Gasteiger partial charge >= 0.3 is 0 Å². The fourth-order valence-corrected chi connectivity index (χ4v) is 1.14. The topological polar surface area (TPSA) is 60.7 Å². The summed E-state index contributed by atoms with van der Waals surface area (Å²) in [6.07, 6.45) is 0. The molecule has 0 heterocycles. The normalized spacial score (nSPS) is 11.7. The van der Waals surface area contributed by atoms with E-state index in [1.165, 1.54) is 13.8 Å². The summed E-state index contributed by atoms with van der Waals surface area (Å²) in [5.41, 5.74) is -1.82. The van der Waals surface area contributed by atoms with Gasteiger partial charge < -0.3 is 15.3 Å². The third kappa shape index (κ3) is 1.72. The van der Waals surface area contributed by atoms with Gasteiger partial charge in [0.25, 0.3) is 0 Å². The van der Waals surface area contributed by atoms with Crippen LogP contribution in [0, 0.1) is 5.82 Å². The molecule has 1 aromatic carbocycles. The molecule has 0 saturated heterocycles. The van der Waals surface area contributed by atoms with E-state index in [2.05, 4.69) is 0 Å². The van der Waals surface area contributed by atoms with Gasteiger partial charge in [-0.05, 0) is 26.0 Å². The maximum atomic E-state index is 13.1. The smallest absolute Gasteiger partial charge is 0.166 e. The Hall–Kier alpha value is -1.29. The number of phenolic OH excluding ortho intramolecular Hbond substituents is 2. The second kappa shape index (κ2) is 2.88. The summed E-state index contributed by atoms with van der Waals surface area (Å²) in [4.78, 5) is 0. The number of aliphatic hydroxyl groups is 1. The van der Waals surface area contributed by atoms with Crippen LogP contribution in [-0.2, 0) is 5.60 Å². The van der Waals surface area contributed by atoms with Gasteiger partial charge in [0, 0.05) is 0 Å². The summed E-state index contributed by atoms with van der Waals surface area (Å²) < 4.78 is 13.1. The summed E-state index contributed by atoms with van der Waals surface area (Å²) in [7, 11) is 0. The van der Waals surface area contributed by atoms with E-state index in [-0.39, 0.29) is 5.56 Å². The monoisotopic (exact) mass is 186 g/mol. The van der Waals surface area contributed by atoms with Crippen molar-refractivity contribution in [3.8, 4) is 11.5 Å². The van der Waals surface area contributed by atoms with Gasteiger partial charge in [-0.1, -0.05) is 0 Å². The molecule has 0 aliphatic rings. The lowest BCUT2D eigenvalue weighted by atomic mass is 9.96. The average Bonchev–Trinajstić information content (AvgIpc) is 1.95. The molecule has 1 aromatic rings. The second-order valence-corrected chi connectivity index (χ2v) is 3.35. The van der Waals surface area contributed by atoms with E-state index < -0.39 is 22.9 Å². The van der Waals surface area contributed by atoms with E-state index in [0.717, 1.165) is 12.1 Å². The number of hydrogen-bond acceptors (Lipinski definition) is 3. The Kier molecular flexibility index (Phi) is 2.17. The number of rotatable bonds is 1. The molecule has 1 rings (SSSR count). The van der Waals surface area contributed by atoms with Gasteiger partial charge in [-0.25, -0.2) is 4.39 Å². The first kappa shape index (κ1) is 9.80. The van der Waals surface area contributed by atoms with Crippen LogP contribution in [-0.4, -0.2) is 15.3 Å². The summed E-state index contributed by atoms with van der Waals surface area (Å²) in [5.74, 6) is -1.81. The van der Waals surface area contributed by atoms with Crippen LogP contribution in [0.2, 0.25) is 0 Å². The lowest BCUT2D eigenvalue weighted by Crippen LogP contribution is -2.17. The molecule has 72 valence electrons. The molecule has 4 heteroatoms. The standard InChI is InChI=1S/C9H11FO3/c1-9(2,13)7-5(10)3-4-6(11)8(7)12/h3-4,11-13H,1-2H3. The van der Waals surface area contributed by atoms with Crippen molar-refractivity contribution < 1.29 is 19.7 Å². The summed E-state index contributed by atoms with van der Waals surface area (Å²) >= 11 is 0. The second-order valence-electron chi connectivity index (χ2n) is 3.35. The molecule has 13 heavy (non-hydrogen) atoms. The Morgan fingerprint density at radius 1 is 1.23 bits per heavy atom. The van der Waals surface area contributed by atoms with Crippen LogP contribution in [0.1, 0.15) is 19.4 Å². The molecule has 3 nitrogen and oxygen atoms in total. The van der Waals surface area contributed by atoms with E-state index in [4.69, 9.17) is 5.11 Å². The number of phenols is 2. The predicted molar refractivity (Wildman–Crippen MR) is 45.0 cm³/mol. The molecular formula is C9H11FO3. The molecule has 0 radical (unpaired) electrons. The lowest BCUT2D eigenvalue weighted by Gasteiger charge is -2.20. The highest BCUT2D eigenvalue weighted by molar-refractivity contribution is 5.47. The van der Waals surface area contributed by atoms with Crippen molar-refractivity contribution in [3.05, 3.63) is 23.5 Å². The van der Waals surface area contributed by atoms with E-state index >= 15 is 0 Å². The quantitative estimate of drug-likeness (QED) is 0.582. The van der Waals surface area contributed by atoms with Crippen LogP contribution in [0.3, 0.4) is 0 Å². The van der Waals surface area contributed by atoms with Crippen molar-refractivity contribution in [3.63, 3.8) is 0 Å². The van der Waals surface area contributed by atoms with E-state index in [1.807, 2.05) is 0 Å². The van der Waals surface area contributed by atoms with Gasteiger partial charge in [-0.2, -0.15) is 0 Å². The molecule has 0 bridgehead atoms.